The highest BCUT2D eigenvalue weighted by Gasteiger charge is 2.28. The van der Waals surface area contributed by atoms with E-state index in [2.05, 4.69) is 16.0 Å². The van der Waals surface area contributed by atoms with Crippen molar-refractivity contribution >= 4 is 37.0 Å². The second-order valence-corrected chi connectivity index (χ2v) is 10.4. The van der Waals surface area contributed by atoms with Crippen LogP contribution in [0.4, 0.5) is 0 Å². The highest BCUT2D eigenvalue weighted by atomic mass is 32.2. The molecule has 0 aromatic rings. The first-order valence-corrected chi connectivity index (χ1v) is 11.0. The van der Waals surface area contributed by atoms with E-state index in [1.165, 1.54) is 0 Å². The van der Waals surface area contributed by atoms with E-state index in [-0.39, 0.29) is 35.1 Å². The molecule has 0 saturated carbocycles. The Bertz CT molecular complexity index is 588. The van der Waals surface area contributed by atoms with E-state index in [0.717, 1.165) is 0 Å². The zero-order chi connectivity index (χ0) is 15.5. The maximum Gasteiger partial charge on any atom is 0.166 e. The maximum atomic E-state index is 11.3. The van der Waals surface area contributed by atoms with Gasteiger partial charge in [0.2, 0.25) is 0 Å². The number of hydrogen-bond donors (Lipinski definition) is 3. The Balaban J connectivity index is 1.58. The molecule has 122 valence electrons. The Morgan fingerprint density at radius 3 is 2.05 bits per heavy atom. The third-order valence-corrected chi connectivity index (χ3v) is 7.44. The molecule has 21 heavy (non-hydrogen) atoms. The summed E-state index contributed by atoms with van der Waals surface area (Å²) in [6.45, 7) is 1.19. The highest BCUT2D eigenvalue weighted by molar-refractivity contribution is 7.92. The number of rotatable bonds is 5. The van der Waals surface area contributed by atoms with E-state index in [1.54, 1.807) is 0 Å². The van der Waals surface area contributed by atoms with E-state index in [1.807, 2.05) is 0 Å². The van der Waals surface area contributed by atoms with Crippen LogP contribution < -0.4 is 16.0 Å². The van der Waals surface area contributed by atoms with E-state index >= 15 is 0 Å². The zero-order valence-electron chi connectivity index (χ0n) is 11.7. The molecule has 2 aliphatic rings. The summed E-state index contributed by atoms with van der Waals surface area (Å²) < 4.78 is 45.2. The lowest BCUT2D eigenvalue weighted by atomic mass is 10.2. The molecular formula is C11H21N3O4S3. The van der Waals surface area contributed by atoms with Gasteiger partial charge in [0.1, 0.15) is 0 Å². The average molecular weight is 356 g/mol. The van der Waals surface area contributed by atoms with Crippen LogP contribution in [0.15, 0.2) is 0 Å². The fraction of sp³-hybridized carbons (Fsp3) is 0.909. The van der Waals surface area contributed by atoms with Gasteiger partial charge in [-0.25, -0.2) is 16.8 Å². The largest absolute Gasteiger partial charge is 0.361 e. The van der Waals surface area contributed by atoms with Crippen LogP contribution in [0.2, 0.25) is 0 Å². The molecule has 7 nitrogen and oxygen atoms in total. The normalized spacial score (nSPS) is 30.1. The van der Waals surface area contributed by atoms with Crippen molar-refractivity contribution in [2.45, 2.75) is 24.9 Å². The maximum absolute atomic E-state index is 11.3. The topological polar surface area (TPSA) is 104 Å². The smallest absolute Gasteiger partial charge is 0.166 e. The minimum Gasteiger partial charge on any atom is -0.361 e. The summed E-state index contributed by atoms with van der Waals surface area (Å²) in [7, 11) is -5.76. The molecule has 2 atom stereocenters. The molecule has 0 spiro atoms. The van der Waals surface area contributed by atoms with Gasteiger partial charge < -0.3 is 16.0 Å². The molecule has 0 radical (unpaired) electrons. The molecule has 2 aliphatic heterocycles. The first kappa shape index (κ1) is 16.9. The van der Waals surface area contributed by atoms with Crippen LogP contribution in [0.1, 0.15) is 12.8 Å². The summed E-state index contributed by atoms with van der Waals surface area (Å²) in [4.78, 5) is 0. The van der Waals surface area contributed by atoms with Gasteiger partial charge in [-0.2, -0.15) is 0 Å². The van der Waals surface area contributed by atoms with E-state index in [9.17, 15) is 16.8 Å². The molecular weight excluding hydrogens is 334 g/mol. The van der Waals surface area contributed by atoms with Gasteiger partial charge in [0.15, 0.2) is 24.8 Å². The van der Waals surface area contributed by atoms with Crippen LogP contribution >= 0.6 is 12.2 Å². The molecule has 0 aromatic heterocycles. The number of hydrogen-bond acceptors (Lipinski definition) is 6. The predicted octanol–water partition coefficient (Wildman–Crippen LogP) is -1.59. The molecule has 10 heteroatoms. The minimum absolute atomic E-state index is 0.0262. The fourth-order valence-corrected chi connectivity index (χ4v) is 6.20. The zero-order valence-corrected chi connectivity index (χ0v) is 14.1. The molecule has 2 saturated heterocycles. The number of thiocarbonyl (C=S) groups is 1. The van der Waals surface area contributed by atoms with Crippen LogP contribution in [0.5, 0.6) is 0 Å². The van der Waals surface area contributed by atoms with Crippen LogP contribution in [-0.4, -0.2) is 70.1 Å². The molecule has 2 rings (SSSR count). The Labute approximate surface area is 131 Å². The molecule has 0 aliphatic carbocycles. The van der Waals surface area contributed by atoms with Crippen LogP contribution in [0, 0.1) is 0 Å². The summed E-state index contributed by atoms with van der Waals surface area (Å²) in [5, 5.41) is 9.61. The van der Waals surface area contributed by atoms with Gasteiger partial charge >= 0.3 is 0 Å². The van der Waals surface area contributed by atoms with E-state index in [4.69, 9.17) is 12.2 Å². The van der Waals surface area contributed by atoms with Crippen molar-refractivity contribution in [3.8, 4) is 0 Å². The SMILES string of the molecule is O=S1(=O)CC[C@H](NCCNC(=S)N[C@@H]2CCS(=O)(=O)C2)C1. The third kappa shape index (κ3) is 5.68. The highest BCUT2D eigenvalue weighted by Crippen LogP contribution is 2.11. The molecule has 3 N–H and O–H groups in total. The van der Waals surface area contributed by atoms with Crippen molar-refractivity contribution in [3.63, 3.8) is 0 Å². The Hall–Kier alpha value is -0.450. The summed E-state index contributed by atoms with van der Waals surface area (Å²) in [5.41, 5.74) is 0. The molecule has 2 heterocycles. The third-order valence-electron chi connectivity index (χ3n) is 3.64. The van der Waals surface area contributed by atoms with Gasteiger partial charge in [-0.15, -0.1) is 0 Å². The molecule has 0 bridgehead atoms. The summed E-state index contributed by atoms with van der Waals surface area (Å²) in [6, 6.07) is -0.0822. The average Bonchev–Trinajstić information content (AvgIpc) is 2.87. The Kier molecular flexibility index (Phi) is 5.44. The summed E-state index contributed by atoms with van der Waals surface area (Å²) in [6.07, 6.45) is 1.24. The van der Waals surface area contributed by atoms with Gasteiger partial charge in [0.25, 0.3) is 0 Å². The lowest BCUT2D eigenvalue weighted by Crippen LogP contribution is -2.45. The van der Waals surface area contributed by atoms with Crippen molar-refractivity contribution in [2.24, 2.45) is 0 Å². The second-order valence-electron chi connectivity index (χ2n) is 5.55. The molecule has 0 aromatic carbocycles. The number of sulfone groups is 2. The lowest BCUT2D eigenvalue weighted by Gasteiger charge is -2.16. The predicted molar refractivity (Wildman–Crippen MR) is 85.9 cm³/mol. The molecule has 2 fully saturated rings. The van der Waals surface area contributed by atoms with Crippen LogP contribution in [-0.2, 0) is 19.7 Å². The monoisotopic (exact) mass is 355 g/mol. The van der Waals surface area contributed by atoms with Crippen molar-refractivity contribution < 1.29 is 16.8 Å². The van der Waals surface area contributed by atoms with Gasteiger partial charge in [-0.1, -0.05) is 0 Å². The first-order chi connectivity index (χ1) is 9.76. The van der Waals surface area contributed by atoms with Gasteiger partial charge in [0.05, 0.1) is 23.0 Å². The van der Waals surface area contributed by atoms with Crippen LogP contribution in [0.3, 0.4) is 0 Å². The number of nitrogens with one attached hydrogen (secondary N) is 3. The van der Waals surface area contributed by atoms with Crippen molar-refractivity contribution in [3.05, 3.63) is 0 Å². The lowest BCUT2D eigenvalue weighted by molar-refractivity contribution is 0.550. The fourth-order valence-electron chi connectivity index (χ4n) is 2.55. The van der Waals surface area contributed by atoms with E-state index < -0.39 is 19.7 Å². The quantitative estimate of drug-likeness (QED) is 0.401. The summed E-state index contributed by atoms with van der Waals surface area (Å²) in [5.74, 6) is 0.807. The molecule has 0 unspecified atom stereocenters. The van der Waals surface area contributed by atoms with Gasteiger partial charge in [-0.05, 0) is 25.1 Å². The van der Waals surface area contributed by atoms with Crippen molar-refractivity contribution in [1.29, 1.82) is 0 Å². The first-order valence-electron chi connectivity index (χ1n) is 6.94. The minimum atomic E-state index is -2.91. The summed E-state index contributed by atoms with van der Waals surface area (Å²) >= 11 is 5.11. The van der Waals surface area contributed by atoms with Gasteiger partial charge in [-0.3, -0.25) is 0 Å². The van der Waals surface area contributed by atoms with E-state index in [0.29, 0.717) is 31.0 Å². The van der Waals surface area contributed by atoms with Gasteiger partial charge in [0, 0.05) is 25.2 Å². The second kappa shape index (κ2) is 6.76. The van der Waals surface area contributed by atoms with Crippen molar-refractivity contribution in [2.75, 3.05) is 36.1 Å². The Morgan fingerprint density at radius 2 is 1.52 bits per heavy atom. The Morgan fingerprint density at radius 1 is 0.952 bits per heavy atom. The standard InChI is InChI=1S/C11H21N3O4S3/c15-20(16)5-1-9(7-20)12-3-4-13-11(19)14-10-2-6-21(17,18)8-10/h9-10,12H,1-8H2,(H2,13,14,19)/t9-,10+/m0/s1. The molecule has 0 amide bonds. The van der Waals surface area contributed by atoms with Crippen LogP contribution in [0.25, 0.3) is 0 Å². The van der Waals surface area contributed by atoms with Crippen molar-refractivity contribution in [1.82, 2.24) is 16.0 Å².